The lowest BCUT2D eigenvalue weighted by molar-refractivity contribution is 0.221. The van der Waals surface area contributed by atoms with Crippen LogP contribution < -0.4 is 15.5 Å². The highest BCUT2D eigenvalue weighted by molar-refractivity contribution is 6.08. The minimum absolute atomic E-state index is 0.398. The maximum atomic E-state index is 12.1. The molecule has 5 heteroatoms. The Hall–Kier alpha value is -2.53. The number of hydrogen-bond donors (Lipinski definition) is 2. The van der Waals surface area contributed by atoms with E-state index in [1.807, 2.05) is 19.1 Å². The number of carbonyl (C=O) groups is 1. The van der Waals surface area contributed by atoms with Crippen LogP contribution in [0.4, 0.5) is 21.9 Å². The molecule has 2 aromatic carbocycles. The average molecular weight is 255 g/mol. The number of anilines is 3. The van der Waals surface area contributed by atoms with E-state index in [1.165, 1.54) is 5.01 Å². The Morgan fingerprint density at radius 3 is 2.47 bits per heavy atom. The van der Waals surface area contributed by atoms with Gasteiger partial charge in [-0.05, 0) is 31.2 Å². The zero-order chi connectivity index (χ0) is 13.4. The third kappa shape index (κ3) is 1.90. The Labute approximate surface area is 110 Å². The first-order chi connectivity index (χ1) is 9.16. The van der Waals surface area contributed by atoms with Gasteiger partial charge in [-0.15, -0.1) is 0 Å². The predicted molar refractivity (Wildman–Crippen MR) is 73.4 cm³/mol. The number of carbonyl (C=O) groups excluding carboxylic acids is 1. The Balaban J connectivity index is 2.04. The zero-order valence-corrected chi connectivity index (χ0v) is 10.4. The lowest BCUT2D eigenvalue weighted by Crippen LogP contribution is -2.50. The fraction of sp³-hybridized carbons (Fsp3) is 0.0714. The number of urea groups is 1. The van der Waals surface area contributed by atoms with Crippen LogP contribution in [0.2, 0.25) is 0 Å². The molecule has 0 aromatic heterocycles. The van der Waals surface area contributed by atoms with Crippen LogP contribution in [-0.2, 0) is 0 Å². The van der Waals surface area contributed by atoms with Crippen molar-refractivity contribution in [2.24, 2.45) is 0 Å². The quantitative estimate of drug-likeness (QED) is 0.823. The summed E-state index contributed by atoms with van der Waals surface area (Å²) < 4.78 is 0. The smallest absolute Gasteiger partial charge is 0.304 e. The molecule has 0 spiro atoms. The number of nitrogens with zero attached hydrogens (tertiary/aromatic N) is 2. The van der Waals surface area contributed by atoms with Crippen molar-refractivity contribution < 1.29 is 10.0 Å². The van der Waals surface area contributed by atoms with Crippen molar-refractivity contribution in [3.05, 3.63) is 54.1 Å². The number of aryl methyl sites for hydroxylation is 1. The van der Waals surface area contributed by atoms with Crippen molar-refractivity contribution in [1.82, 2.24) is 0 Å². The van der Waals surface area contributed by atoms with E-state index in [9.17, 15) is 10.0 Å². The Morgan fingerprint density at radius 2 is 1.74 bits per heavy atom. The van der Waals surface area contributed by atoms with Gasteiger partial charge < -0.3 is 5.32 Å². The van der Waals surface area contributed by atoms with Gasteiger partial charge in [-0.3, -0.25) is 5.21 Å². The Kier molecular flexibility index (Phi) is 2.61. The van der Waals surface area contributed by atoms with Gasteiger partial charge in [0.05, 0.1) is 11.4 Å². The van der Waals surface area contributed by atoms with Crippen molar-refractivity contribution in [2.45, 2.75) is 6.92 Å². The third-order valence-electron chi connectivity index (χ3n) is 3.02. The van der Waals surface area contributed by atoms with Crippen molar-refractivity contribution >= 4 is 23.1 Å². The van der Waals surface area contributed by atoms with Crippen LogP contribution >= 0.6 is 0 Å². The van der Waals surface area contributed by atoms with E-state index < -0.39 is 6.03 Å². The van der Waals surface area contributed by atoms with Crippen molar-refractivity contribution in [1.29, 1.82) is 0 Å². The zero-order valence-electron chi connectivity index (χ0n) is 10.4. The molecular formula is C14H13N3O2. The van der Waals surface area contributed by atoms with Crippen LogP contribution in [0.25, 0.3) is 0 Å². The fourth-order valence-corrected chi connectivity index (χ4v) is 2.03. The predicted octanol–water partition coefficient (Wildman–Crippen LogP) is 3.16. The van der Waals surface area contributed by atoms with E-state index in [0.29, 0.717) is 17.1 Å². The van der Waals surface area contributed by atoms with Crippen molar-refractivity contribution in [3.8, 4) is 0 Å². The van der Waals surface area contributed by atoms with E-state index in [0.717, 1.165) is 10.7 Å². The monoisotopic (exact) mass is 255 g/mol. The molecule has 0 fully saturated rings. The molecule has 0 saturated carbocycles. The molecular weight excluding hydrogens is 242 g/mol. The second-order valence-electron chi connectivity index (χ2n) is 4.38. The molecule has 5 nitrogen and oxygen atoms in total. The summed E-state index contributed by atoms with van der Waals surface area (Å²) in [6, 6.07) is 14.0. The number of benzene rings is 2. The van der Waals surface area contributed by atoms with Crippen molar-refractivity contribution in [3.63, 3.8) is 0 Å². The Morgan fingerprint density at radius 1 is 1.05 bits per heavy atom. The first kappa shape index (κ1) is 11.6. The molecule has 96 valence electrons. The number of hydrazine groups is 1. The average Bonchev–Trinajstić information content (AvgIpc) is 2.41. The van der Waals surface area contributed by atoms with Gasteiger partial charge in [-0.25, -0.2) is 4.79 Å². The molecule has 2 amide bonds. The van der Waals surface area contributed by atoms with E-state index in [1.54, 1.807) is 36.4 Å². The molecule has 0 unspecified atom stereocenters. The van der Waals surface area contributed by atoms with E-state index in [2.05, 4.69) is 5.32 Å². The van der Waals surface area contributed by atoms with Gasteiger partial charge in [0.1, 0.15) is 5.69 Å². The molecule has 0 aliphatic carbocycles. The van der Waals surface area contributed by atoms with Gasteiger partial charge in [-0.1, -0.05) is 29.8 Å². The molecule has 19 heavy (non-hydrogen) atoms. The number of hydrogen-bond acceptors (Lipinski definition) is 3. The van der Waals surface area contributed by atoms with E-state index >= 15 is 0 Å². The molecule has 2 N–H and O–H groups in total. The van der Waals surface area contributed by atoms with Gasteiger partial charge in [0.15, 0.2) is 0 Å². The molecule has 1 heterocycles. The largest absolute Gasteiger partial charge is 0.347 e. The summed E-state index contributed by atoms with van der Waals surface area (Å²) in [5, 5.41) is 15.0. The van der Waals surface area contributed by atoms with Crippen LogP contribution in [-0.4, -0.2) is 11.2 Å². The molecule has 0 bridgehead atoms. The highest BCUT2D eigenvalue weighted by atomic mass is 16.6. The number of amides is 2. The van der Waals surface area contributed by atoms with E-state index in [-0.39, 0.29) is 0 Å². The molecule has 1 aliphatic heterocycles. The van der Waals surface area contributed by atoms with Crippen LogP contribution in [0, 0.1) is 6.92 Å². The summed E-state index contributed by atoms with van der Waals surface area (Å²) in [6.07, 6.45) is 0. The topological polar surface area (TPSA) is 55.8 Å². The van der Waals surface area contributed by atoms with Crippen LogP contribution in [0.3, 0.4) is 0 Å². The summed E-state index contributed by atoms with van der Waals surface area (Å²) in [6.45, 7) is 1.96. The lowest BCUT2D eigenvalue weighted by Gasteiger charge is -2.36. The highest BCUT2D eigenvalue weighted by Crippen LogP contribution is 2.32. The number of fused-ring (bicyclic) bond motifs is 1. The van der Waals surface area contributed by atoms with Gasteiger partial charge in [0.2, 0.25) is 0 Å². The van der Waals surface area contributed by atoms with Crippen LogP contribution in [0.15, 0.2) is 48.5 Å². The molecule has 0 saturated heterocycles. The van der Waals surface area contributed by atoms with Crippen LogP contribution in [0.5, 0.6) is 0 Å². The minimum Gasteiger partial charge on any atom is -0.304 e. The van der Waals surface area contributed by atoms with Crippen molar-refractivity contribution in [2.75, 3.05) is 15.5 Å². The second kappa shape index (κ2) is 4.29. The number of rotatable bonds is 1. The number of para-hydroxylation sites is 2. The second-order valence-corrected chi connectivity index (χ2v) is 4.38. The number of nitrogens with one attached hydrogen (secondary N) is 1. The van der Waals surface area contributed by atoms with E-state index in [4.69, 9.17) is 0 Å². The molecule has 3 rings (SSSR count). The van der Waals surface area contributed by atoms with Gasteiger partial charge >= 0.3 is 6.03 Å². The fourth-order valence-electron chi connectivity index (χ4n) is 2.03. The Bertz CT molecular complexity index is 625. The molecule has 1 aliphatic rings. The third-order valence-corrected chi connectivity index (χ3v) is 3.02. The maximum absolute atomic E-state index is 12.1. The summed E-state index contributed by atoms with van der Waals surface area (Å²) in [4.78, 5) is 12.1. The summed E-state index contributed by atoms with van der Waals surface area (Å²) in [7, 11) is 0. The molecule has 2 aromatic rings. The lowest BCUT2D eigenvalue weighted by atomic mass is 10.2. The first-order valence-corrected chi connectivity index (χ1v) is 5.92. The standard InChI is InChI=1S/C14H13N3O2/c1-10-6-8-11(9-7-10)16-14(18)15-12-4-2-3-5-13(12)17(16)19/h2-9,19H,1H3,(H,15,18). The minimum atomic E-state index is -0.398. The summed E-state index contributed by atoms with van der Waals surface area (Å²) >= 11 is 0. The summed E-state index contributed by atoms with van der Waals surface area (Å²) in [5.41, 5.74) is 2.80. The van der Waals surface area contributed by atoms with Gasteiger partial charge in [-0.2, -0.15) is 10.2 Å². The first-order valence-electron chi connectivity index (χ1n) is 5.92. The molecule has 0 radical (unpaired) electrons. The SMILES string of the molecule is Cc1ccc(N2C(=O)Nc3ccccc3N2O)cc1. The maximum Gasteiger partial charge on any atom is 0.347 e. The van der Waals surface area contributed by atoms with Gasteiger partial charge in [0.25, 0.3) is 0 Å². The molecule has 0 atom stereocenters. The highest BCUT2D eigenvalue weighted by Gasteiger charge is 2.29. The van der Waals surface area contributed by atoms with Gasteiger partial charge in [0, 0.05) is 0 Å². The summed E-state index contributed by atoms with van der Waals surface area (Å²) in [5.74, 6) is 0. The van der Waals surface area contributed by atoms with Crippen LogP contribution in [0.1, 0.15) is 5.56 Å². The normalized spacial score (nSPS) is 14.1.